The van der Waals surface area contributed by atoms with Gasteiger partial charge in [0.25, 0.3) is 0 Å². The third kappa shape index (κ3) is 12.8. The molecule has 35 heavy (non-hydrogen) atoms. The van der Waals surface area contributed by atoms with Crippen LogP contribution >= 0.6 is 7.82 Å². The number of hydrogen-bond donors (Lipinski definition) is 1. The largest absolute Gasteiger partial charge is 0.494 e. The van der Waals surface area contributed by atoms with Crippen LogP contribution in [0.15, 0.2) is 58.8 Å². The summed E-state index contributed by atoms with van der Waals surface area (Å²) >= 11 is 0. The second-order valence-electron chi connectivity index (χ2n) is 9.52. The molecule has 0 saturated heterocycles. The molecule has 1 N–H and O–H groups in total. The topological polar surface area (TPSA) is 93.0 Å². The van der Waals surface area contributed by atoms with Crippen LogP contribution in [0, 0.1) is 0 Å². The van der Waals surface area contributed by atoms with Crippen molar-refractivity contribution in [3.63, 3.8) is 0 Å². The Bertz CT molecular complexity index is 944. The number of rotatable bonds is 16. The van der Waals surface area contributed by atoms with Gasteiger partial charge >= 0.3 is 7.82 Å². The lowest BCUT2D eigenvalue weighted by Crippen LogP contribution is -2.37. The van der Waals surface area contributed by atoms with E-state index in [1.807, 2.05) is 88.7 Å². The standard InChI is InChI=1S/C25H39N4O5P/c1-28(2)24-14-10-22(11-15-24)26-27-23-12-16-25(17-13-23)32-19-8-6-7-9-20-33-35(30,31)34-21-18-29(3,4)5/h10-17H,6-9,18-21H2,1-5H3/p+1. The molecule has 0 aliphatic carbocycles. The summed E-state index contributed by atoms with van der Waals surface area (Å²) in [6.45, 7) is 1.62. The number of azo groups is 1. The molecular weight excluding hydrogens is 467 g/mol. The van der Waals surface area contributed by atoms with Crippen molar-refractivity contribution in [3.05, 3.63) is 48.5 Å². The Morgan fingerprint density at radius 3 is 1.86 bits per heavy atom. The highest BCUT2D eigenvalue weighted by Crippen LogP contribution is 2.43. The maximum absolute atomic E-state index is 11.8. The second kappa shape index (κ2) is 14.3. The van der Waals surface area contributed by atoms with E-state index in [2.05, 4.69) is 10.2 Å². The molecule has 0 heterocycles. The summed E-state index contributed by atoms with van der Waals surface area (Å²) in [5.74, 6) is 0.787. The molecule has 1 atom stereocenters. The molecule has 2 rings (SSSR count). The lowest BCUT2D eigenvalue weighted by Gasteiger charge is -2.24. The predicted molar refractivity (Wildman–Crippen MR) is 140 cm³/mol. The number of anilines is 1. The van der Waals surface area contributed by atoms with Crippen molar-refractivity contribution >= 4 is 24.9 Å². The van der Waals surface area contributed by atoms with Gasteiger partial charge in [-0.15, -0.1) is 0 Å². The van der Waals surface area contributed by atoms with Crippen LogP contribution < -0.4 is 9.64 Å². The molecule has 2 aromatic carbocycles. The number of ether oxygens (including phenoxy) is 1. The SMILES string of the molecule is CN(C)c1ccc(N=Nc2ccc(OCCCCCCOP(=O)(O)OCC[N+](C)(C)C)cc2)cc1. The van der Waals surface area contributed by atoms with Gasteiger partial charge in [-0.25, -0.2) is 4.57 Å². The first-order valence-electron chi connectivity index (χ1n) is 11.9. The molecule has 2 aromatic rings. The Morgan fingerprint density at radius 1 is 0.800 bits per heavy atom. The van der Waals surface area contributed by atoms with E-state index < -0.39 is 7.82 Å². The van der Waals surface area contributed by atoms with Gasteiger partial charge in [0.2, 0.25) is 0 Å². The van der Waals surface area contributed by atoms with Gasteiger partial charge < -0.3 is 19.0 Å². The number of hydrogen-bond acceptors (Lipinski definition) is 7. The quantitative estimate of drug-likeness (QED) is 0.131. The fourth-order valence-electron chi connectivity index (χ4n) is 2.94. The fraction of sp³-hybridized carbons (Fsp3) is 0.520. The van der Waals surface area contributed by atoms with E-state index in [0.717, 1.165) is 42.1 Å². The highest BCUT2D eigenvalue weighted by atomic mass is 31.2. The lowest BCUT2D eigenvalue weighted by molar-refractivity contribution is -0.870. The summed E-state index contributed by atoms with van der Waals surface area (Å²) in [7, 11) is 6.01. The Kier molecular flexibility index (Phi) is 11.8. The number of benzene rings is 2. The van der Waals surface area contributed by atoms with E-state index in [1.54, 1.807) is 0 Å². The summed E-state index contributed by atoms with van der Waals surface area (Å²) in [4.78, 5) is 11.7. The summed E-state index contributed by atoms with van der Waals surface area (Å²) in [5, 5.41) is 8.54. The van der Waals surface area contributed by atoms with E-state index in [0.29, 0.717) is 24.1 Å². The van der Waals surface area contributed by atoms with Crippen molar-refractivity contribution in [2.24, 2.45) is 10.2 Å². The zero-order valence-electron chi connectivity index (χ0n) is 21.6. The zero-order valence-corrected chi connectivity index (χ0v) is 22.5. The molecule has 0 bridgehead atoms. The highest BCUT2D eigenvalue weighted by molar-refractivity contribution is 7.47. The van der Waals surface area contributed by atoms with E-state index in [1.165, 1.54) is 0 Å². The van der Waals surface area contributed by atoms with E-state index in [4.69, 9.17) is 13.8 Å². The van der Waals surface area contributed by atoms with Crippen LogP contribution in [0.2, 0.25) is 0 Å². The van der Waals surface area contributed by atoms with Crippen LogP contribution in [-0.2, 0) is 13.6 Å². The highest BCUT2D eigenvalue weighted by Gasteiger charge is 2.21. The van der Waals surface area contributed by atoms with Gasteiger partial charge in [0, 0.05) is 19.8 Å². The Balaban J connectivity index is 1.57. The average molecular weight is 508 g/mol. The van der Waals surface area contributed by atoms with Crippen molar-refractivity contribution in [2.45, 2.75) is 25.7 Å². The Morgan fingerprint density at radius 2 is 1.31 bits per heavy atom. The first-order chi connectivity index (χ1) is 16.5. The van der Waals surface area contributed by atoms with E-state index in [-0.39, 0.29) is 13.2 Å². The van der Waals surface area contributed by atoms with Crippen molar-refractivity contribution < 1.29 is 27.7 Å². The Hall–Kier alpha value is -2.29. The molecule has 0 fully saturated rings. The number of phosphoric ester groups is 1. The molecule has 0 aromatic heterocycles. The molecular formula is C25H40N4O5P+. The number of quaternary nitrogens is 1. The van der Waals surface area contributed by atoms with Crippen LogP contribution in [0.4, 0.5) is 17.1 Å². The first-order valence-corrected chi connectivity index (χ1v) is 13.4. The molecule has 194 valence electrons. The average Bonchev–Trinajstić information content (AvgIpc) is 2.79. The third-order valence-electron chi connectivity index (χ3n) is 5.06. The predicted octanol–water partition coefficient (Wildman–Crippen LogP) is 5.95. The number of likely N-dealkylation sites (N-methyl/N-ethyl adjacent to an activating group) is 1. The monoisotopic (exact) mass is 507 g/mol. The van der Waals surface area contributed by atoms with Crippen molar-refractivity contribution in [3.8, 4) is 5.75 Å². The second-order valence-corrected chi connectivity index (χ2v) is 11.0. The molecule has 0 aliphatic rings. The maximum Gasteiger partial charge on any atom is 0.472 e. The first kappa shape index (κ1) is 28.9. The summed E-state index contributed by atoms with van der Waals surface area (Å²) in [6.07, 6.45) is 3.42. The molecule has 0 aliphatic heterocycles. The third-order valence-corrected chi connectivity index (χ3v) is 6.08. The molecule has 1 unspecified atom stereocenters. The van der Waals surface area contributed by atoms with Gasteiger partial charge in [-0.05, 0) is 67.8 Å². The fourth-order valence-corrected chi connectivity index (χ4v) is 3.68. The lowest BCUT2D eigenvalue weighted by atomic mass is 10.2. The van der Waals surface area contributed by atoms with Crippen LogP contribution in [0.25, 0.3) is 0 Å². The van der Waals surface area contributed by atoms with Gasteiger partial charge in [0.05, 0.1) is 45.7 Å². The van der Waals surface area contributed by atoms with Gasteiger partial charge in [-0.3, -0.25) is 9.05 Å². The van der Waals surface area contributed by atoms with Crippen molar-refractivity contribution in [1.29, 1.82) is 0 Å². The van der Waals surface area contributed by atoms with E-state index >= 15 is 0 Å². The van der Waals surface area contributed by atoms with Crippen molar-refractivity contribution in [1.82, 2.24) is 0 Å². The van der Waals surface area contributed by atoms with Crippen LogP contribution in [-0.4, -0.2) is 71.0 Å². The molecule has 0 spiro atoms. The summed E-state index contributed by atoms with van der Waals surface area (Å²) in [5.41, 5.74) is 2.68. The number of phosphoric acid groups is 1. The molecule has 9 nitrogen and oxygen atoms in total. The minimum absolute atomic E-state index is 0.184. The van der Waals surface area contributed by atoms with Gasteiger partial charge in [-0.1, -0.05) is 6.42 Å². The molecule has 0 saturated carbocycles. The summed E-state index contributed by atoms with van der Waals surface area (Å²) in [6, 6.07) is 15.4. The van der Waals surface area contributed by atoms with Gasteiger partial charge in [0.15, 0.2) is 0 Å². The maximum atomic E-state index is 11.8. The minimum Gasteiger partial charge on any atom is -0.494 e. The van der Waals surface area contributed by atoms with Gasteiger partial charge in [0.1, 0.15) is 18.9 Å². The smallest absolute Gasteiger partial charge is 0.472 e. The molecule has 10 heteroatoms. The zero-order chi connectivity index (χ0) is 25.7. The van der Waals surface area contributed by atoms with Crippen LogP contribution in [0.3, 0.4) is 0 Å². The van der Waals surface area contributed by atoms with Crippen LogP contribution in [0.1, 0.15) is 25.7 Å². The molecule has 0 radical (unpaired) electrons. The minimum atomic E-state index is -3.96. The normalized spacial score (nSPS) is 13.7. The Labute approximate surface area is 209 Å². The number of nitrogens with zero attached hydrogens (tertiary/aromatic N) is 4. The van der Waals surface area contributed by atoms with Crippen molar-refractivity contribution in [2.75, 3.05) is 66.5 Å². The number of unbranched alkanes of at least 4 members (excludes halogenated alkanes) is 3. The van der Waals surface area contributed by atoms with E-state index in [9.17, 15) is 9.46 Å². The summed E-state index contributed by atoms with van der Waals surface area (Å²) < 4.78 is 28.3. The van der Waals surface area contributed by atoms with Gasteiger partial charge in [-0.2, -0.15) is 10.2 Å². The van der Waals surface area contributed by atoms with Crippen LogP contribution in [0.5, 0.6) is 5.75 Å². The molecule has 0 amide bonds.